The monoisotopic (exact) mass is 361 g/mol. The lowest BCUT2D eigenvalue weighted by molar-refractivity contribution is -0.119. The molecular weight excluding hydrogens is 346 g/mol. The van der Waals surface area contributed by atoms with E-state index in [1.54, 1.807) is 30.3 Å². The molecular formula is C18H16ClNO5. The molecule has 0 aliphatic rings. The number of anilines is 1. The third-order valence-corrected chi connectivity index (χ3v) is 3.75. The highest BCUT2D eigenvalue weighted by molar-refractivity contribution is 6.31. The smallest absolute Gasteiger partial charge is 0.339 e. The number of esters is 2. The maximum absolute atomic E-state index is 12.1. The summed E-state index contributed by atoms with van der Waals surface area (Å²) in [6.07, 6.45) is 0. The molecule has 0 spiro atoms. The lowest BCUT2D eigenvalue weighted by atomic mass is 10.1. The number of amides is 1. The van der Waals surface area contributed by atoms with Gasteiger partial charge in [0.25, 0.3) is 5.91 Å². The van der Waals surface area contributed by atoms with E-state index in [-0.39, 0.29) is 11.1 Å². The van der Waals surface area contributed by atoms with Gasteiger partial charge >= 0.3 is 11.9 Å². The van der Waals surface area contributed by atoms with Crippen LogP contribution in [0.25, 0.3) is 0 Å². The Hall–Kier alpha value is -2.86. The minimum Gasteiger partial charge on any atom is -0.465 e. The topological polar surface area (TPSA) is 81.7 Å². The van der Waals surface area contributed by atoms with Gasteiger partial charge in [0, 0.05) is 10.7 Å². The van der Waals surface area contributed by atoms with Gasteiger partial charge in [-0.05, 0) is 36.8 Å². The molecule has 2 aromatic rings. The fourth-order valence-electron chi connectivity index (χ4n) is 2.03. The number of carbonyl (C=O) groups excluding carboxylic acids is 3. The van der Waals surface area contributed by atoms with Crippen LogP contribution >= 0.6 is 11.6 Å². The molecule has 0 heterocycles. The van der Waals surface area contributed by atoms with Crippen molar-refractivity contribution in [3.8, 4) is 0 Å². The summed E-state index contributed by atoms with van der Waals surface area (Å²) in [5, 5.41) is 3.09. The Labute approximate surface area is 149 Å². The Morgan fingerprint density at radius 3 is 2.28 bits per heavy atom. The third kappa shape index (κ3) is 4.81. The molecule has 2 aromatic carbocycles. The highest BCUT2D eigenvalue weighted by atomic mass is 35.5. The minimum atomic E-state index is -0.793. The van der Waals surface area contributed by atoms with Crippen LogP contribution in [0.1, 0.15) is 26.3 Å². The van der Waals surface area contributed by atoms with Gasteiger partial charge in [-0.2, -0.15) is 0 Å². The van der Waals surface area contributed by atoms with Crippen molar-refractivity contribution in [3.63, 3.8) is 0 Å². The highest BCUT2D eigenvalue weighted by Crippen LogP contribution is 2.20. The van der Waals surface area contributed by atoms with E-state index >= 15 is 0 Å². The Balaban J connectivity index is 1.99. The maximum Gasteiger partial charge on any atom is 0.339 e. The van der Waals surface area contributed by atoms with Gasteiger partial charge in [0.1, 0.15) is 0 Å². The molecule has 0 saturated heterocycles. The maximum atomic E-state index is 12.1. The number of rotatable bonds is 5. The van der Waals surface area contributed by atoms with Crippen molar-refractivity contribution in [3.05, 3.63) is 64.2 Å². The minimum absolute atomic E-state index is 0.0283. The van der Waals surface area contributed by atoms with Crippen molar-refractivity contribution in [2.45, 2.75) is 6.92 Å². The molecule has 0 bridgehead atoms. The summed E-state index contributed by atoms with van der Waals surface area (Å²) in [5.74, 6) is -1.98. The van der Waals surface area contributed by atoms with Gasteiger partial charge < -0.3 is 14.8 Å². The zero-order chi connectivity index (χ0) is 18.4. The SMILES string of the molecule is COC(=O)c1ccccc1C(=O)OCC(=O)Nc1ccc(C)c(Cl)c1. The highest BCUT2D eigenvalue weighted by Gasteiger charge is 2.19. The number of aryl methyl sites for hydroxylation is 1. The van der Waals surface area contributed by atoms with Crippen molar-refractivity contribution in [1.82, 2.24) is 0 Å². The van der Waals surface area contributed by atoms with Crippen LogP contribution in [0.15, 0.2) is 42.5 Å². The van der Waals surface area contributed by atoms with Gasteiger partial charge in [-0.15, -0.1) is 0 Å². The molecule has 0 radical (unpaired) electrons. The molecule has 1 amide bonds. The second-order valence-electron chi connectivity index (χ2n) is 5.13. The van der Waals surface area contributed by atoms with Crippen LogP contribution in [-0.4, -0.2) is 31.6 Å². The first-order chi connectivity index (χ1) is 11.9. The van der Waals surface area contributed by atoms with Crippen LogP contribution in [0.2, 0.25) is 5.02 Å². The van der Waals surface area contributed by atoms with E-state index in [9.17, 15) is 14.4 Å². The van der Waals surface area contributed by atoms with Crippen molar-refractivity contribution in [1.29, 1.82) is 0 Å². The number of methoxy groups -OCH3 is 1. The number of nitrogens with one attached hydrogen (secondary N) is 1. The Kier molecular flexibility index (Phi) is 6.14. The van der Waals surface area contributed by atoms with Crippen molar-refractivity contribution >= 4 is 35.1 Å². The number of halogens is 1. The van der Waals surface area contributed by atoms with Crippen molar-refractivity contribution < 1.29 is 23.9 Å². The van der Waals surface area contributed by atoms with E-state index in [4.69, 9.17) is 16.3 Å². The van der Waals surface area contributed by atoms with E-state index in [1.165, 1.54) is 19.2 Å². The molecule has 0 unspecified atom stereocenters. The van der Waals surface area contributed by atoms with Crippen LogP contribution in [0.3, 0.4) is 0 Å². The summed E-state index contributed by atoms with van der Waals surface area (Å²) in [6.45, 7) is 1.34. The van der Waals surface area contributed by atoms with E-state index in [0.717, 1.165) is 5.56 Å². The molecule has 130 valence electrons. The Bertz CT molecular complexity index is 819. The number of hydrogen-bond acceptors (Lipinski definition) is 5. The fourth-order valence-corrected chi connectivity index (χ4v) is 2.21. The largest absolute Gasteiger partial charge is 0.465 e. The number of ether oxygens (including phenoxy) is 2. The second kappa shape index (κ2) is 8.30. The second-order valence-corrected chi connectivity index (χ2v) is 5.53. The van der Waals surface area contributed by atoms with Gasteiger partial charge in [-0.25, -0.2) is 9.59 Å². The van der Waals surface area contributed by atoms with Gasteiger partial charge in [0.2, 0.25) is 0 Å². The van der Waals surface area contributed by atoms with Crippen LogP contribution in [0.5, 0.6) is 0 Å². The summed E-state index contributed by atoms with van der Waals surface area (Å²) in [7, 11) is 1.21. The predicted molar refractivity (Wildman–Crippen MR) is 92.9 cm³/mol. The van der Waals surface area contributed by atoms with Crippen molar-refractivity contribution in [2.24, 2.45) is 0 Å². The van der Waals surface area contributed by atoms with Gasteiger partial charge in [-0.1, -0.05) is 29.8 Å². The number of benzene rings is 2. The quantitative estimate of drug-likeness (QED) is 0.827. The molecule has 0 aromatic heterocycles. The number of hydrogen-bond donors (Lipinski definition) is 1. The average Bonchev–Trinajstić information content (AvgIpc) is 2.62. The molecule has 0 atom stereocenters. The summed E-state index contributed by atoms with van der Waals surface area (Å²) >= 11 is 5.99. The Morgan fingerprint density at radius 1 is 1.04 bits per heavy atom. The molecule has 0 aliphatic heterocycles. The lowest BCUT2D eigenvalue weighted by Gasteiger charge is -2.09. The normalized spacial score (nSPS) is 10.0. The molecule has 0 saturated carbocycles. The molecule has 1 N–H and O–H groups in total. The van der Waals surface area contributed by atoms with Gasteiger partial charge in [-0.3, -0.25) is 4.79 Å². The lowest BCUT2D eigenvalue weighted by Crippen LogP contribution is -2.22. The first-order valence-electron chi connectivity index (χ1n) is 7.33. The molecule has 0 aliphatic carbocycles. The zero-order valence-corrected chi connectivity index (χ0v) is 14.4. The first-order valence-corrected chi connectivity index (χ1v) is 7.70. The number of carbonyl (C=O) groups is 3. The first kappa shape index (κ1) is 18.5. The van der Waals surface area contributed by atoms with E-state index in [2.05, 4.69) is 10.1 Å². The molecule has 25 heavy (non-hydrogen) atoms. The van der Waals surface area contributed by atoms with E-state index in [0.29, 0.717) is 10.7 Å². The van der Waals surface area contributed by atoms with E-state index < -0.39 is 24.5 Å². The molecule has 6 nitrogen and oxygen atoms in total. The van der Waals surface area contributed by atoms with Crippen LogP contribution in [0.4, 0.5) is 5.69 Å². The average molecular weight is 362 g/mol. The van der Waals surface area contributed by atoms with Crippen LogP contribution < -0.4 is 5.32 Å². The van der Waals surface area contributed by atoms with E-state index in [1.807, 2.05) is 6.92 Å². The van der Waals surface area contributed by atoms with Crippen molar-refractivity contribution in [2.75, 3.05) is 19.0 Å². The van der Waals surface area contributed by atoms with Gasteiger partial charge in [0.05, 0.1) is 18.2 Å². The fraction of sp³-hybridized carbons (Fsp3) is 0.167. The summed E-state index contributed by atoms with van der Waals surface area (Å²) in [4.78, 5) is 35.7. The standard InChI is InChI=1S/C18H16ClNO5/c1-11-7-8-12(9-15(11)19)20-16(21)10-25-18(23)14-6-4-3-5-13(14)17(22)24-2/h3-9H,10H2,1-2H3,(H,20,21). The molecule has 2 rings (SSSR count). The third-order valence-electron chi connectivity index (χ3n) is 3.34. The summed E-state index contributed by atoms with van der Waals surface area (Å²) < 4.78 is 9.57. The van der Waals surface area contributed by atoms with Crippen LogP contribution in [-0.2, 0) is 14.3 Å². The molecule has 0 fully saturated rings. The zero-order valence-electron chi connectivity index (χ0n) is 13.7. The predicted octanol–water partition coefficient (Wildman–Crippen LogP) is 3.23. The van der Waals surface area contributed by atoms with Gasteiger partial charge in [0.15, 0.2) is 6.61 Å². The van der Waals surface area contributed by atoms with Crippen LogP contribution in [0, 0.1) is 6.92 Å². The summed E-state index contributed by atoms with van der Waals surface area (Å²) in [5.41, 5.74) is 1.47. The summed E-state index contributed by atoms with van der Waals surface area (Å²) in [6, 6.07) is 11.1. The molecule has 7 heteroatoms. The Morgan fingerprint density at radius 2 is 1.68 bits per heavy atom.